The molecule has 0 unspecified atom stereocenters. The van der Waals surface area contributed by atoms with E-state index in [0.29, 0.717) is 0 Å². The summed E-state index contributed by atoms with van der Waals surface area (Å²) >= 11 is 0. The lowest BCUT2D eigenvalue weighted by Crippen LogP contribution is -2.11. The van der Waals surface area contributed by atoms with Gasteiger partial charge in [-0.15, -0.1) is 12.4 Å². The van der Waals surface area contributed by atoms with Gasteiger partial charge in [0, 0.05) is 25.4 Å². The van der Waals surface area contributed by atoms with Gasteiger partial charge in [0.1, 0.15) is 0 Å². The van der Waals surface area contributed by atoms with Gasteiger partial charge in [-0.2, -0.15) is 18.3 Å². The molecule has 0 atom stereocenters. The van der Waals surface area contributed by atoms with Crippen LogP contribution in [0.5, 0.6) is 0 Å². The number of nitrogens with two attached hydrogens (primary N) is 1. The van der Waals surface area contributed by atoms with Crippen molar-refractivity contribution < 1.29 is 13.2 Å². The summed E-state index contributed by atoms with van der Waals surface area (Å²) in [6.45, 7) is -0.150. The quantitative estimate of drug-likeness (QED) is 0.768. The van der Waals surface area contributed by atoms with Gasteiger partial charge in [-0.05, 0) is 0 Å². The zero-order chi connectivity index (χ0) is 9.35. The minimum Gasteiger partial charge on any atom is -0.326 e. The molecular weight excluding hydrogens is 207 g/mol. The summed E-state index contributed by atoms with van der Waals surface area (Å²) in [7, 11) is 1.42. The van der Waals surface area contributed by atoms with Gasteiger partial charge in [-0.3, -0.25) is 4.68 Å². The van der Waals surface area contributed by atoms with Crippen LogP contribution in [0.15, 0.2) is 6.20 Å². The molecule has 0 bridgehead atoms. The largest absolute Gasteiger partial charge is 0.435 e. The van der Waals surface area contributed by atoms with Crippen molar-refractivity contribution in [2.24, 2.45) is 12.8 Å². The lowest BCUT2D eigenvalue weighted by Gasteiger charge is -2.03. The van der Waals surface area contributed by atoms with E-state index in [-0.39, 0.29) is 24.5 Å². The summed E-state index contributed by atoms with van der Waals surface area (Å²) < 4.78 is 37.5. The Morgan fingerprint density at radius 1 is 1.54 bits per heavy atom. The first kappa shape index (κ1) is 12.2. The summed E-state index contributed by atoms with van der Waals surface area (Å²) in [6.07, 6.45) is -3.14. The van der Waals surface area contributed by atoms with Crippen molar-refractivity contribution in [1.82, 2.24) is 9.78 Å². The molecule has 0 aromatic carbocycles. The van der Waals surface area contributed by atoms with Crippen LogP contribution in [0.1, 0.15) is 11.3 Å². The van der Waals surface area contributed by atoms with Gasteiger partial charge in [-0.1, -0.05) is 0 Å². The number of hydrogen-bond donors (Lipinski definition) is 1. The minimum atomic E-state index is -4.41. The van der Waals surface area contributed by atoms with Gasteiger partial charge in [0.2, 0.25) is 0 Å². The van der Waals surface area contributed by atoms with Crippen LogP contribution in [0, 0.1) is 0 Å². The molecule has 0 saturated carbocycles. The molecule has 1 heterocycles. The molecule has 1 rings (SSSR count). The molecule has 1 aromatic heterocycles. The van der Waals surface area contributed by atoms with E-state index in [0.717, 1.165) is 4.68 Å². The van der Waals surface area contributed by atoms with Gasteiger partial charge in [0.25, 0.3) is 0 Å². The van der Waals surface area contributed by atoms with Crippen LogP contribution in [0.2, 0.25) is 0 Å². The third kappa shape index (κ3) is 2.60. The Balaban J connectivity index is 0.00000144. The Hall–Kier alpha value is -0.750. The molecule has 76 valence electrons. The maximum absolute atomic E-state index is 12.1. The van der Waals surface area contributed by atoms with Crippen LogP contribution in [0.3, 0.4) is 0 Å². The minimum absolute atomic E-state index is 0. The van der Waals surface area contributed by atoms with E-state index in [1.54, 1.807) is 0 Å². The van der Waals surface area contributed by atoms with Crippen LogP contribution in [-0.2, 0) is 19.8 Å². The standard InChI is InChI=1S/C6H8F3N3.ClH/c1-12-3-4(2-10)5(11-12)6(7,8)9;/h3H,2,10H2,1H3;1H. The fourth-order valence-electron chi connectivity index (χ4n) is 0.926. The van der Waals surface area contributed by atoms with Crippen molar-refractivity contribution in [3.05, 3.63) is 17.5 Å². The fourth-order valence-corrected chi connectivity index (χ4v) is 0.926. The Bertz CT molecular complexity index is 281. The number of rotatable bonds is 1. The highest BCUT2D eigenvalue weighted by molar-refractivity contribution is 5.85. The maximum Gasteiger partial charge on any atom is 0.435 e. The zero-order valence-corrected chi connectivity index (χ0v) is 7.61. The average molecular weight is 216 g/mol. The highest BCUT2D eigenvalue weighted by Crippen LogP contribution is 2.30. The SMILES string of the molecule is Cl.Cn1cc(CN)c(C(F)(F)F)n1. The van der Waals surface area contributed by atoms with E-state index in [9.17, 15) is 13.2 Å². The van der Waals surface area contributed by atoms with Crippen molar-refractivity contribution in [1.29, 1.82) is 0 Å². The Morgan fingerprint density at radius 3 is 2.38 bits per heavy atom. The van der Waals surface area contributed by atoms with E-state index in [1.807, 2.05) is 0 Å². The average Bonchev–Trinajstić information content (AvgIpc) is 2.29. The number of nitrogens with zero attached hydrogens (tertiary/aromatic N) is 2. The summed E-state index contributed by atoms with van der Waals surface area (Å²) in [4.78, 5) is 0. The smallest absolute Gasteiger partial charge is 0.326 e. The molecule has 0 radical (unpaired) electrons. The predicted molar refractivity (Wildman–Crippen MR) is 43.3 cm³/mol. The molecule has 0 fully saturated rings. The second kappa shape index (κ2) is 3.97. The fraction of sp³-hybridized carbons (Fsp3) is 0.500. The third-order valence-corrected chi connectivity index (χ3v) is 1.39. The van der Waals surface area contributed by atoms with Crippen molar-refractivity contribution in [2.75, 3.05) is 0 Å². The lowest BCUT2D eigenvalue weighted by molar-refractivity contribution is -0.142. The number of aromatic nitrogens is 2. The van der Waals surface area contributed by atoms with Crippen molar-refractivity contribution >= 4 is 12.4 Å². The summed E-state index contributed by atoms with van der Waals surface area (Å²) in [6, 6.07) is 0. The molecule has 3 nitrogen and oxygen atoms in total. The number of hydrogen-bond acceptors (Lipinski definition) is 2. The third-order valence-electron chi connectivity index (χ3n) is 1.39. The molecule has 2 N–H and O–H groups in total. The van der Waals surface area contributed by atoms with E-state index in [4.69, 9.17) is 5.73 Å². The molecule has 0 aliphatic carbocycles. The van der Waals surface area contributed by atoms with Crippen molar-refractivity contribution in [2.45, 2.75) is 12.7 Å². The molecule has 0 aliphatic rings. The van der Waals surface area contributed by atoms with E-state index < -0.39 is 11.9 Å². The van der Waals surface area contributed by atoms with E-state index in [2.05, 4.69) is 5.10 Å². The zero-order valence-electron chi connectivity index (χ0n) is 6.80. The molecule has 0 aliphatic heterocycles. The normalized spacial score (nSPS) is 11.2. The van der Waals surface area contributed by atoms with Gasteiger partial charge in [0.15, 0.2) is 5.69 Å². The summed E-state index contributed by atoms with van der Waals surface area (Å²) in [5, 5.41) is 3.26. The number of aryl methyl sites for hydroxylation is 1. The van der Waals surface area contributed by atoms with Gasteiger partial charge >= 0.3 is 6.18 Å². The number of alkyl halides is 3. The first-order valence-electron chi connectivity index (χ1n) is 3.25. The molecule has 0 spiro atoms. The molecule has 13 heavy (non-hydrogen) atoms. The number of halogens is 4. The van der Waals surface area contributed by atoms with Crippen molar-refractivity contribution in [3.8, 4) is 0 Å². The Labute approximate surface area is 79.1 Å². The first-order chi connectivity index (χ1) is 5.45. The van der Waals surface area contributed by atoms with Crippen molar-refractivity contribution in [3.63, 3.8) is 0 Å². The van der Waals surface area contributed by atoms with Gasteiger partial charge < -0.3 is 5.73 Å². The molecule has 0 amide bonds. The van der Waals surface area contributed by atoms with Crippen LogP contribution >= 0.6 is 12.4 Å². The van der Waals surface area contributed by atoms with Crippen LogP contribution in [-0.4, -0.2) is 9.78 Å². The van der Waals surface area contributed by atoms with Gasteiger partial charge in [0.05, 0.1) is 0 Å². The maximum atomic E-state index is 12.1. The molecule has 0 saturated heterocycles. The summed E-state index contributed by atoms with van der Waals surface area (Å²) in [5.74, 6) is 0. The molecule has 7 heteroatoms. The van der Waals surface area contributed by atoms with Crippen LogP contribution in [0.25, 0.3) is 0 Å². The molecule has 1 aromatic rings. The van der Waals surface area contributed by atoms with E-state index in [1.165, 1.54) is 13.2 Å². The summed E-state index contributed by atoms with van der Waals surface area (Å²) in [5.41, 5.74) is 4.23. The monoisotopic (exact) mass is 215 g/mol. The Kier molecular flexibility index (Phi) is 3.74. The Morgan fingerprint density at radius 2 is 2.08 bits per heavy atom. The molecular formula is C6H9ClF3N3. The van der Waals surface area contributed by atoms with Crippen LogP contribution < -0.4 is 5.73 Å². The second-order valence-corrected chi connectivity index (χ2v) is 2.38. The topological polar surface area (TPSA) is 43.8 Å². The lowest BCUT2D eigenvalue weighted by atomic mass is 10.2. The van der Waals surface area contributed by atoms with Gasteiger partial charge in [-0.25, -0.2) is 0 Å². The highest BCUT2D eigenvalue weighted by Gasteiger charge is 2.36. The first-order valence-corrected chi connectivity index (χ1v) is 3.25. The second-order valence-electron chi connectivity index (χ2n) is 2.38. The van der Waals surface area contributed by atoms with Crippen LogP contribution in [0.4, 0.5) is 13.2 Å². The predicted octanol–water partition coefficient (Wildman–Crippen LogP) is 1.32. The highest BCUT2D eigenvalue weighted by atomic mass is 35.5. The van der Waals surface area contributed by atoms with E-state index >= 15 is 0 Å².